The lowest BCUT2D eigenvalue weighted by Gasteiger charge is -2.13. The summed E-state index contributed by atoms with van der Waals surface area (Å²) in [6.45, 7) is 0.611. The second-order valence-electron chi connectivity index (χ2n) is 5.63. The number of hydrogen-bond donors (Lipinski definition) is 1. The lowest BCUT2D eigenvalue weighted by atomic mass is 10.1. The number of carbonyl (C=O) groups excluding carboxylic acids is 3. The Morgan fingerprint density at radius 2 is 1.54 bits per heavy atom. The van der Waals surface area contributed by atoms with Gasteiger partial charge in [0.2, 0.25) is 0 Å². The number of nitrogens with zero attached hydrogens (tertiary/aromatic N) is 1. The molecule has 0 atom stereocenters. The maximum Gasteiger partial charge on any atom is 0.407 e. The summed E-state index contributed by atoms with van der Waals surface area (Å²) < 4.78 is 5.07. The Balaban J connectivity index is 1.34. The number of alkyl carbamates (subject to hydrolysis) is 1. The molecule has 7 nitrogen and oxygen atoms in total. The highest BCUT2D eigenvalue weighted by Crippen LogP contribution is 2.22. The Morgan fingerprint density at radius 1 is 0.923 bits per heavy atom. The highest BCUT2D eigenvalue weighted by Gasteiger charge is 2.36. The quantitative estimate of drug-likeness (QED) is 0.610. The normalized spacial score (nSPS) is 12.8. The highest BCUT2D eigenvalue weighted by atomic mass is 16.7. The number of fused-ring (bicyclic) bond motifs is 1. The van der Waals surface area contributed by atoms with E-state index in [1.165, 1.54) is 0 Å². The number of rotatable bonds is 7. The van der Waals surface area contributed by atoms with Crippen molar-refractivity contribution in [3.05, 3.63) is 71.3 Å². The van der Waals surface area contributed by atoms with Gasteiger partial charge < -0.3 is 10.1 Å². The van der Waals surface area contributed by atoms with E-state index in [1.54, 1.807) is 24.3 Å². The fraction of sp³-hybridized carbons (Fsp3) is 0.211. The number of nitrogens with one attached hydrogen (secondary N) is 1. The van der Waals surface area contributed by atoms with Crippen molar-refractivity contribution in [3.63, 3.8) is 0 Å². The van der Waals surface area contributed by atoms with Crippen LogP contribution in [0.1, 0.15) is 32.7 Å². The van der Waals surface area contributed by atoms with Crippen LogP contribution in [0.5, 0.6) is 0 Å². The van der Waals surface area contributed by atoms with Crippen molar-refractivity contribution in [1.82, 2.24) is 10.4 Å². The average Bonchev–Trinajstić information content (AvgIpc) is 2.92. The van der Waals surface area contributed by atoms with Crippen LogP contribution in [0, 0.1) is 0 Å². The first-order chi connectivity index (χ1) is 12.7. The summed E-state index contributed by atoms with van der Waals surface area (Å²) >= 11 is 0. The Morgan fingerprint density at radius 3 is 2.19 bits per heavy atom. The molecule has 3 amide bonds. The molecule has 2 aromatic rings. The summed E-state index contributed by atoms with van der Waals surface area (Å²) in [4.78, 5) is 41.0. The van der Waals surface area contributed by atoms with E-state index in [1.807, 2.05) is 30.3 Å². The average molecular weight is 354 g/mol. The molecule has 0 bridgehead atoms. The van der Waals surface area contributed by atoms with Crippen LogP contribution in [0.4, 0.5) is 4.79 Å². The van der Waals surface area contributed by atoms with Crippen LogP contribution in [-0.2, 0) is 16.2 Å². The molecule has 1 N–H and O–H groups in total. The standard InChI is InChI=1S/C19H18N2O5/c22-17-15-9-4-5-10-16(15)18(23)21(17)26-12-6-11-20-19(24)25-13-14-7-2-1-3-8-14/h1-5,7-10H,6,11-13H2,(H,20,24). The van der Waals surface area contributed by atoms with Gasteiger partial charge >= 0.3 is 6.09 Å². The van der Waals surface area contributed by atoms with E-state index in [-0.39, 0.29) is 13.2 Å². The van der Waals surface area contributed by atoms with Crippen molar-refractivity contribution in [2.24, 2.45) is 0 Å². The maximum absolute atomic E-state index is 12.1. The van der Waals surface area contributed by atoms with Crippen LogP contribution >= 0.6 is 0 Å². The van der Waals surface area contributed by atoms with Crippen molar-refractivity contribution in [2.45, 2.75) is 13.0 Å². The molecule has 0 spiro atoms. The van der Waals surface area contributed by atoms with Crippen LogP contribution in [0.2, 0.25) is 0 Å². The fourth-order valence-electron chi connectivity index (χ4n) is 2.48. The van der Waals surface area contributed by atoms with E-state index in [0.717, 1.165) is 10.6 Å². The number of benzene rings is 2. The van der Waals surface area contributed by atoms with Crippen molar-refractivity contribution >= 4 is 17.9 Å². The molecule has 1 aliphatic heterocycles. The summed E-state index contributed by atoms with van der Waals surface area (Å²) in [6, 6.07) is 15.9. The van der Waals surface area contributed by atoms with Gasteiger partial charge in [-0.3, -0.25) is 14.4 Å². The molecule has 0 unspecified atom stereocenters. The molecule has 2 aromatic carbocycles. The van der Waals surface area contributed by atoms with E-state index < -0.39 is 17.9 Å². The van der Waals surface area contributed by atoms with Crippen LogP contribution in [0.3, 0.4) is 0 Å². The molecule has 1 aliphatic rings. The second kappa shape index (κ2) is 8.26. The predicted molar refractivity (Wildman–Crippen MR) is 92.1 cm³/mol. The molecule has 0 saturated heterocycles. The Hall–Kier alpha value is -3.19. The van der Waals surface area contributed by atoms with Gasteiger partial charge in [0, 0.05) is 6.54 Å². The Kier molecular flexibility index (Phi) is 5.60. The molecular formula is C19H18N2O5. The lowest BCUT2D eigenvalue weighted by Crippen LogP contribution is -2.32. The molecule has 0 aliphatic carbocycles. The topological polar surface area (TPSA) is 84.9 Å². The number of carbonyl (C=O) groups is 3. The maximum atomic E-state index is 12.1. The molecular weight excluding hydrogens is 336 g/mol. The molecule has 1 heterocycles. The van der Waals surface area contributed by atoms with Crippen molar-refractivity contribution in [2.75, 3.05) is 13.2 Å². The van der Waals surface area contributed by atoms with Gasteiger partial charge in [-0.2, -0.15) is 0 Å². The zero-order valence-electron chi connectivity index (χ0n) is 14.0. The molecule has 0 aromatic heterocycles. The smallest absolute Gasteiger partial charge is 0.407 e. The number of hydrogen-bond acceptors (Lipinski definition) is 5. The third-order valence-corrected chi connectivity index (χ3v) is 3.78. The van der Waals surface area contributed by atoms with Crippen LogP contribution in [0.15, 0.2) is 54.6 Å². The van der Waals surface area contributed by atoms with Crippen LogP contribution in [0.25, 0.3) is 0 Å². The fourth-order valence-corrected chi connectivity index (χ4v) is 2.48. The van der Waals surface area contributed by atoms with Gasteiger partial charge in [0.15, 0.2) is 0 Å². The lowest BCUT2D eigenvalue weighted by molar-refractivity contribution is -0.0917. The van der Waals surface area contributed by atoms with E-state index in [4.69, 9.17) is 9.57 Å². The van der Waals surface area contributed by atoms with Crippen molar-refractivity contribution in [3.8, 4) is 0 Å². The minimum Gasteiger partial charge on any atom is -0.445 e. The van der Waals surface area contributed by atoms with E-state index in [0.29, 0.717) is 24.1 Å². The molecule has 0 radical (unpaired) electrons. The summed E-state index contributed by atoms with van der Waals surface area (Å²) in [5.41, 5.74) is 1.57. The van der Waals surface area contributed by atoms with Crippen LogP contribution in [-0.4, -0.2) is 36.1 Å². The van der Waals surface area contributed by atoms with Gasteiger partial charge in [-0.25, -0.2) is 4.79 Å². The molecule has 3 rings (SSSR count). The molecule has 0 saturated carbocycles. The molecule has 26 heavy (non-hydrogen) atoms. The van der Waals surface area contributed by atoms with E-state index in [2.05, 4.69) is 5.32 Å². The van der Waals surface area contributed by atoms with Crippen LogP contribution < -0.4 is 5.32 Å². The number of imide groups is 1. The number of amides is 3. The van der Waals surface area contributed by atoms with Gasteiger partial charge in [-0.1, -0.05) is 42.5 Å². The minimum absolute atomic E-state index is 0.116. The monoisotopic (exact) mass is 354 g/mol. The largest absolute Gasteiger partial charge is 0.445 e. The van der Waals surface area contributed by atoms with E-state index in [9.17, 15) is 14.4 Å². The predicted octanol–water partition coefficient (Wildman–Crippen LogP) is 2.53. The summed E-state index contributed by atoms with van der Waals surface area (Å²) in [6.07, 6.45) is -0.108. The Bertz CT molecular complexity index is 772. The number of ether oxygens (including phenoxy) is 1. The third-order valence-electron chi connectivity index (χ3n) is 3.78. The number of hydroxylamine groups is 2. The van der Waals surface area contributed by atoms with Gasteiger partial charge in [0.05, 0.1) is 17.7 Å². The first kappa shape index (κ1) is 17.6. The van der Waals surface area contributed by atoms with Crippen molar-refractivity contribution < 1.29 is 24.0 Å². The SMILES string of the molecule is O=C(NCCCON1C(=O)c2ccccc2C1=O)OCc1ccccc1. The summed E-state index contributed by atoms with van der Waals surface area (Å²) in [7, 11) is 0. The second-order valence-corrected chi connectivity index (χ2v) is 5.63. The Labute approximate surface area is 150 Å². The van der Waals surface area contributed by atoms with Gasteiger partial charge in [-0.05, 0) is 24.1 Å². The first-order valence-corrected chi connectivity index (χ1v) is 8.22. The zero-order chi connectivity index (χ0) is 18.4. The van der Waals surface area contributed by atoms with Crippen molar-refractivity contribution in [1.29, 1.82) is 0 Å². The minimum atomic E-state index is -0.533. The molecule has 7 heteroatoms. The highest BCUT2D eigenvalue weighted by molar-refractivity contribution is 6.20. The summed E-state index contributed by atoms with van der Waals surface area (Å²) in [5, 5.41) is 3.35. The van der Waals surface area contributed by atoms with Gasteiger partial charge in [0.25, 0.3) is 11.8 Å². The van der Waals surface area contributed by atoms with E-state index >= 15 is 0 Å². The first-order valence-electron chi connectivity index (χ1n) is 8.22. The zero-order valence-corrected chi connectivity index (χ0v) is 14.0. The summed E-state index contributed by atoms with van der Waals surface area (Å²) in [5.74, 6) is -0.943. The molecule has 0 fully saturated rings. The molecule has 134 valence electrons. The third kappa shape index (κ3) is 4.07. The van der Waals surface area contributed by atoms with Gasteiger partial charge in [-0.15, -0.1) is 5.06 Å². The van der Waals surface area contributed by atoms with Gasteiger partial charge in [0.1, 0.15) is 6.61 Å².